The summed E-state index contributed by atoms with van der Waals surface area (Å²) in [7, 11) is 29.9. The molecule has 5 aliphatic heterocycles. The number of carbonyl (C=O) groups excluding carboxylic acids is 1. The molecule has 212 valence electrons. The van der Waals surface area contributed by atoms with Crippen molar-refractivity contribution in [1.82, 2.24) is 24.6 Å². The highest BCUT2D eigenvalue weighted by atomic mass is 31.0. The topological polar surface area (TPSA) is 71.1 Å². The summed E-state index contributed by atoms with van der Waals surface area (Å²) in [5.41, 5.74) is 1.16. The number of Topliss-reactive ketones (excluding diaryl/α,β-unsaturated/α-hetero) is 1. The summed E-state index contributed by atoms with van der Waals surface area (Å²) in [5, 5.41) is 15.6. The van der Waals surface area contributed by atoms with E-state index in [1.807, 2.05) is 6.08 Å². The number of hydrogen-bond acceptors (Lipinski definition) is 7. The Kier molecular flexibility index (Phi) is 21.2. The lowest BCUT2D eigenvalue weighted by Gasteiger charge is -2.33. The van der Waals surface area contributed by atoms with Gasteiger partial charge in [-0.3, -0.25) is 18.8 Å². The SMILES string of the molecule is O=C1CCN(P)CC1.[B]C1(O)CCN(P)CC1.[B]C1=CCN(P)CC1.[B]C1=CCNCC1.[B]C1CCNCC1. The van der Waals surface area contributed by atoms with E-state index in [1.165, 1.54) is 0 Å². The van der Waals surface area contributed by atoms with E-state index in [0.29, 0.717) is 24.4 Å². The molecule has 3 atom stereocenters. The monoisotopic (exact) mass is 587 g/mol. The third-order valence-corrected chi connectivity index (χ3v) is 8.28. The molecule has 5 heterocycles. The molecular formula is C25H48B4N5O2P3. The molecular weight excluding hydrogens is 538 g/mol. The van der Waals surface area contributed by atoms with Crippen LogP contribution in [0.15, 0.2) is 23.1 Å². The van der Waals surface area contributed by atoms with Crippen molar-refractivity contribution in [3.8, 4) is 0 Å². The Morgan fingerprint density at radius 3 is 1.67 bits per heavy atom. The van der Waals surface area contributed by atoms with Crippen LogP contribution in [0.2, 0.25) is 5.82 Å². The molecule has 0 amide bonds. The van der Waals surface area contributed by atoms with Crippen LogP contribution in [0.5, 0.6) is 0 Å². The first kappa shape index (κ1) is 37.5. The molecule has 14 heteroatoms. The Balaban J connectivity index is 0.000000244. The number of ketones is 1. The molecule has 0 saturated carbocycles. The molecule has 5 rings (SSSR count). The number of rotatable bonds is 0. The van der Waals surface area contributed by atoms with Gasteiger partial charge in [-0.15, -0.1) is 10.9 Å². The first-order chi connectivity index (χ1) is 18.5. The van der Waals surface area contributed by atoms with Crippen molar-refractivity contribution in [2.24, 2.45) is 0 Å². The number of piperidine rings is 3. The highest BCUT2D eigenvalue weighted by Crippen LogP contribution is 2.20. The molecule has 0 aromatic rings. The van der Waals surface area contributed by atoms with Gasteiger partial charge >= 0.3 is 0 Å². The van der Waals surface area contributed by atoms with Gasteiger partial charge in [0.05, 0.1) is 7.85 Å². The van der Waals surface area contributed by atoms with Gasteiger partial charge in [0.2, 0.25) is 0 Å². The Morgan fingerprint density at radius 1 is 0.795 bits per heavy atom. The first-order valence-corrected chi connectivity index (χ1v) is 15.6. The van der Waals surface area contributed by atoms with Gasteiger partial charge in [-0.2, -0.15) is 0 Å². The summed E-state index contributed by atoms with van der Waals surface area (Å²) in [4.78, 5) is 10.6. The van der Waals surface area contributed by atoms with Crippen LogP contribution in [0.1, 0.15) is 51.4 Å². The zero-order chi connectivity index (χ0) is 29.1. The van der Waals surface area contributed by atoms with Crippen LogP contribution < -0.4 is 10.6 Å². The molecule has 0 aromatic carbocycles. The van der Waals surface area contributed by atoms with Gasteiger partial charge in [0.1, 0.15) is 29.3 Å². The van der Waals surface area contributed by atoms with E-state index < -0.39 is 5.50 Å². The molecule has 3 fully saturated rings. The Morgan fingerprint density at radius 2 is 1.33 bits per heavy atom. The lowest BCUT2D eigenvalue weighted by Crippen LogP contribution is -2.40. The summed E-state index contributed by atoms with van der Waals surface area (Å²) >= 11 is 0. The van der Waals surface area contributed by atoms with Crippen LogP contribution in [0.4, 0.5) is 0 Å². The maximum atomic E-state index is 10.6. The normalized spacial score (nSPS) is 24.5. The van der Waals surface area contributed by atoms with Crippen molar-refractivity contribution in [1.29, 1.82) is 0 Å². The van der Waals surface area contributed by atoms with Gasteiger partial charge in [0, 0.05) is 64.2 Å². The van der Waals surface area contributed by atoms with E-state index in [2.05, 4.69) is 58.9 Å². The Hall–Kier alpha value is 0.460. The predicted octanol–water partition coefficient (Wildman–Crippen LogP) is 1.06. The molecule has 0 spiro atoms. The van der Waals surface area contributed by atoms with Crippen LogP contribution in [-0.2, 0) is 4.79 Å². The van der Waals surface area contributed by atoms with Crippen molar-refractivity contribution in [3.05, 3.63) is 23.1 Å². The van der Waals surface area contributed by atoms with E-state index in [1.54, 1.807) is 0 Å². The van der Waals surface area contributed by atoms with Crippen LogP contribution in [-0.4, -0.2) is 127 Å². The van der Waals surface area contributed by atoms with E-state index >= 15 is 0 Å². The highest BCUT2D eigenvalue weighted by molar-refractivity contribution is 7.13. The minimum atomic E-state index is -0.896. The van der Waals surface area contributed by atoms with Gasteiger partial charge in [-0.05, 0) is 58.2 Å². The highest BCUT2D eigenvalue weighted by Gasteiger charge is 2.24. The summed E-state index contributed by atoms with van der Waals surface area (Å²) in [6, 6.07) is 0. The molecule has 8 radical (unpaired) electrons. The molecule has 3 N–H and O–H groups in total. The van der Waals surface area contributed by atoms with Crippen LogP contribution in [0.25, 0.3) is 0 Å². The van der Waals surface area contributed by atoms with E-state index in [0.717, 1.165) is 115 Å². The van der Waals surface area contributed by atoms with Crippen molar-refractivity contribution < 1.29 is 9.90 Å². The molecule has 0 aromatic heterocycles. The molecule has 39 heavy (non-hydrogen) atoms. The Labute approximate surface area is 250 Å². The smallest absolute Gasteiger partial charge is 0.135 e. The van der Waals surface area contributed by atoms with Gasteiger partial charge in [-0.1, -0.05) is 46.1 Å². The standard InChI is InChI=1S/C5H11BNOP.C5H9BNP.C5H10BN.C5H8BN.C5H10NOP/c6-5(8)1-3-7(9)4-2-5;6-5-1-3-7(8)4-2-5;2*6-5-1-3-7-4-2-5;7-5-1-3-6(8)4-2-5/h8H,1-4,9H2;1H,2-4,8H2;5,7H,1-4H2;1,7H,2-4H2;1-4,8H2. The number of carbonyl (C=O) groups is 1. The summed E-state index contributed by atoms with van der Waals surface area (Å²) in [6.07, 6.45) is 11.2. The zero-order valence-corrected chi connectivity index (χ0v) is 27.2. The quantitative estimate of drug-likeness (QED) is 0.290. The Bertz CT molecular complexity index is 726. The second-order valence-electron chi connectivity index (χ2n) is 10.6. The molecule has 7 nitrogen and oxygen atoms in total. The van der Waals surface area contributed by atoms with Gasteiger partial charge in [0.15, 0.2) is 0 Å². The van der Waals surface area contributed by atoms with Crippen LogP contribution >= 0.6 is 28.2 Å². The summed E-state index contributed by atoms with van der Waals surface area (Å²) < 4.78 is 6.35. The fraction of sp³-hybridized carbons (Fsp3) is 0.800. The second kappa shape index (κ2) is 22.1. The summed E-state index contributed by atoms with van der Waals surface area (Å²) in [6.45, 7) is 9.86. The van der Waals surface area contributed by atoms with Crippen LogP contribution in [0, 0.1) is 0 Å². The molecule has 0 bridgehead atoms. The van der Waals surface area contributed by atoms with Crippen molar-refractivity contribution in [2.75, 3.05) is 65.4 Å². The fourth-order valence-corrected chi connectivity index (χ4v) is 4.62. The fourth-order valence-electron chi connectivity index (χ4n) is 3.87. The largest absolute Gasteiger partial charge is 0.400 e. The molecule has 3 saturated heterocycles. The zero-order valence-electron chi connectivity index (χ0n) is 23.7. The maximum absolute atomic E-state index is 10.6. The van der Waals surface area contributed by atoms with Crippen molar-refractivity contribution in [2.45, 2.75) is 62.7 Å². The van der Waals surface area contributed by atoms with Gasteiger partial charge in [-0.25, -0.2) is 0 Å². The maximum Gasteiger partial charge on any atom is 0.135 e. The third-order valence-electron chi connectivity index (χ3n) is 6.78. The predicted molar refractivity (Wildman–Crippen MR) is 179 cm³/mol. The molecule has 5 aliphatic rings. The number of aliphatic hydroxyl groups is 1. The van der Waals surface area contributed by atoms with Gasteiger partial charge < -0.3 is 15.7 Å². The lowest BCUT2D eigenvalue weighted by molar-refractivity contribution is -0.120. The molecule has 3 unspecified atom stereocenters. The number of nitrogens with zero attached hydrogens (tertiary/aromatic N) is 3. The minimum Gasteiger partial charge on any atom is -0.400 e. The average molecular weight is 587 g/mol. The van der Waals surface area contributed by atoms with E-state index in [9.17, 15) is 9.90 Å². The number of hydrogen-bond donors (Lipinski definition) is 3. The second-order valence-corrected chi connectivity index (χ2v) is 12.7. The minimum absolute atomic E-state index is 0.406. The van der Waals surface area contributed by atoms with Crippen LogP contribution in [0.3, 0.4) is 0 Å². The first-order valence-electron chi connectivity index (χ1n) is 14.0. The van der Waals surface area contributed by atoms with E-state index in [-0.39, 0.29) is 0 Å². The lowest BCUT2D eigenvalue weighted by atomic mass is 9.75. The average Bonchev–Trinajstić information content (AvgIpc) is 2.92. The van der Waals surface area contributed by atoms with Crippen molar-refractivity contribution in [3.63, 3.8) is 0 Å². The van der Waals surface area contributed by atoms with Gasteiger partial charge in [0.25, 0.3) is 0 Å². The summed E-state index contributed by atoms with van der Waals surface area (Å²) in [5.74, 6) is 0.880. The number of nitrogens with one attached hydrogen (secondary N) is 2. The van der Waals surface area contributed by atoms with Crippen molar-refractivity contribution >= 4 is 65.3 Å². The van der Waals surface area contributed by atoms with E-state index in [4.69, 9.17) is 31.4 Å². The third kappa shape index (κ3) is 21.8. The molecule has 0 aliphatic carbocycles.